The Morgan fingerprint density at radius 2 is 1.33 bits per heavy atom. The van der Waals surface area contributed by atoms with Gasteiger partial charge in [-0.3, -0.25) is 4.55 Å². The van der Waals surface area contributed by atoms with Crippen LogP contribution >= 0.6 is 0 Å². The SMILES string of the molecule is O=C([O-])O.O=S(=O)([O-])O.[Cl-].[Mg+2].[Na+]. The quantitative estimate of drug-likeness (QED) is 0.244. The molecule has 0 bridgehead atoms. The van der Waals surface area contributed by atoms with Crippen molar-refractivity contribution in [1.29, 1.82) is 0 Å². The number of carboxylic acid groups (broad SMARTS) is 2. The predicted octanol–water partition coefficient (Wildman–Crippen LogP) is -8.48. The second-order valence-electron chi connectivity index (χ2n) is 0.694. The summed E-state index contributed by atoms with van der Waals surface area (Å²) in [6.45, 7) is 0. The van der Waals surface area contributed by atoms with Crippen LogP contribution in [0.5, 0.6) is 0 Å². The first-order valence-corrected chi connectivity index (χ1v) is 2.68. The minimum atomic E-state index is -4.92. The molecule has 0 heterocycles. The van der Waals surface area contributed by atoms with E-state index in [0.717, 1.165) is 0 Å². The van der Waals surface area contributed by atoms with Crippen molar-refractivity contribution in [3.63, 3.8) is 0 Å². The van der Waals surface area contributed by atoms with E-state index in [1.54, 1.807) is 0 Å². The molecular weight excluding hydrogens is 239 g/mol. The normalized spacial score (nSPS) is 6.83. The first kappa shape index (κ1) is 29.2. The van der Waals surface area contributed by atoms with Crippen LogP contribution in [-0.4, -0.2) is 51.8 Å². The van der Waals surface area contributed by atoms with Gasteiger partial charge >= 0.3 is 52.6 Å². The van der Waals surface area contributed by atoms with E-state index in [1.807, 2.05) is 0 Å². The summed E-state index contributed by atoms with van der Waals surface area (Å²) < 4.78 is 32.8. The molecule has 0 aliphatic rings. The second-order valence-corrected chi connectivity index (χ2v) is 1.55. The maximum absolute atomic E-state index is 8.63. The van der Waals surface area contributed by atoms with Gasteiger partial charge in [-0.15, -0.1) is 0 Å². The van der Waals surface area contributed by atoms with Gasteiger partial charge in [-0.05, 0) is 0 Å². The number of hydrogen-bond donors (Lipinski definition) is 2. The molecule has 0 rings (SSSR count). The molecule has 0 atom stereocenters. The van der Waals surface area contributed by atoms with Gasteiger partial charge in [0.1, 0.15) is 0 Å². The summed E-state index contributed by atoms with van der Waals surface area (Å²) in [6.07, 6.45) is -2.08. The van der Waals surface area contributed by atoms with E-state index in [1.165, 1.54) is 0 Å². The Balaban J connectivity index is -0.0000000221. The molecule has 0 unspecified atom stereocenters. The van der Waals surface area contributed by atoms with Crippen molar-refractivity contribution in [2.24, 2.45) is 0 Å². The van der Waals surface area contributed by atoms with Gasteiger partial charge in [-0.25, -0.2) is 8.42 Å². The molecule has 11 heteroatoms. The van der Waals surface area contributed by atoms with Crippen molar-refractivity contribution < 1.29 is 74.5 Å². The molecule has 7 nitrogen and oxygen atoms in total. The number of carbonyl (C=O) groups is 1. The first-order chi connectivity index (χ1) is 3.73. The zero-order valence-corrected chi connectivity index (χ0v) is 10.9. The van der Waals surface area contributed by atoms with Crippen LogP contribution in [-0.2, 0) is 10.4 Å². The van der Waals surface area contributed by atoms with Gasteiger partial charge in [0, 0.05) is 0 Å². The Kier molecular flexibility index (Phi) is 35.8. The molecule has 0 aromatic rings. The van der Waals surface area contributed by atoms with Crippen molar-refractivity contribution in [3.05, 3.63) is 0 Å². The van der Waals surface area contributed by atoms with Crippen molar-refractivity contribution in [1.82, 2.24) is 0 Å². The predicted molar refractivity (Wildman–Crippen MR) is 26.1 cm³/mol. The molecule has 0 fully saturated rings. The van der Waals surface area contributed by atoms with Gasteiger partial charge in [0.15, 0.2) is 0 Å². The fraction of sp³-hybridized carbons (Fsp3) is 0. The average molecular weight is 241 g/mol. The maximum atomic E-state index is 8.63. The Hall–Kier alpha value is 1.20. The third kappa shape index (κ3) is 813. The molecule has 0 amide bonds. The smallest absolute Gasteiger partial charge is 1.00 e. The van der Waals surface area contributed by atoms with Crippen LogP contribution in [0, 0.1) is 0 Å². The molecule has 0 saturated heterocycles. The third-order valence-electron chi connectivity index (χ3n) is 0. The molecule has 0 aromatic carbocycles. The van der Waals surface area contributed by atoms with E-state index in [2.05, 4.69) is 0 Å². The Bertz CT molecular complexity index is 166. The standard InChI is InChI=1S/CH2O3.ClH.Mg.Na.H2O4S/c2-1(3)4;;;;1-5(2,3)4/h(H2,2,3,4);1H;;;(H2,1,2,3,4)/q;;+2;+1;/p-3. The molecular formula is CH2ClMgNaO7S. The van der Waals surface area contributed by atoms with E-state index < -0.39 is 16.6 Å². The minimum absolute atomic E-state index is 0. The van der Waals surface area contributed by atoms with Gasteiger partial charge in [-0.2, -0.15) is 0 Å². The number of hydrogen-bond acceptors (Lipinski definition) is 5. The fourth-order valence-corrected chi connectivity index (χ4v) is 0. The summed E-state index contributed by atoms with van der Waals surface area (Å²) in [7, 11) is -4.92. The maximum Gasteiger partial charge on any atom is 2.00 e. The van der Waals surface area contributed by atoms with Gasteiger partial charge in [-0.1, -0.05) is 0 Å². The Labute approximate surface area is 113 Å². The molecule has 0 aromatic heterocycles. The monoisotopic (exact) mass is 240 g/mol. The molecule has 2 N–H and O–H groups in total. The summed E-state index contributed by atoms with van der Waals surface area (Å²) in [5.41, 5.74) is 0. The summed E-state index contributed by atoms with van der Waals surface area (Å²) in [5.74, 6) is 0. The van der Waals surface area contributed by atoms with Crippen LogP contribution < -0.4 is 47.1 Å². The Morgan fingerprint density at radius 1 is 1.33 bits per heavy atom. The molecule has 0 saturated carbocycles. The fourth-order valence-electron chi connectivity index (χ4n) is 0. The third-order valence-corrected chi connectivity index (χ3v) is 0. The number of rotatable bonds is 0. The van der Waals surface area contributed by atoms with Crippen molar-refractivity contribution >= 4 is 39.6 Å². The van der Waals surface area contributed by atoms with E-state index in [4.69, 9.17) is 32.5 Å². The van der Waals surface area contributed by atoms with Crippen molar-refractivity contribution in [2.75, 3.05) is 0 Å². The molecule has 0 aliphatic heterocycles. The average Bonchev–Trinajstić information content (AvgIpc) is 1.19. The van der Waals surface area contributed by atoms with Crippen molar-refractivity contribution in [2.45, 2.75) is 0 Å². The summed E-state index contributed by atoms with van der Waals surface area (Å²) in [5, 5.41) is 15.3. The van der Waals surface area contributed by atoms with E-state index in [0.29, 0.717) is 0 Å². The zero-order chi connectivity index (χ0) is 8.08. The van der Waals surface area contributed by atoms with Crippen LogP contribution in [0.1, 0.15) is 0 Å². The van der Waals surface area contributed by atoms with Crippen molar-refractivity contribution in [3.8, 4) is 0 Å². The van der Waals surface area contributed by atoms with Crippen LogP contribution in [0.3, 0.4) is 0 Å². The van der Waals surface area contributed by atoms with Crippen LogP contribution in [0.15, 0.2) is 0 Å². The number of halogens is 1. The topological polar surface area (TPSA) is 138 Å². The largest absolute Gasteiger partial charge is 2.00 e. The molecule has 12 heavy (non-hydrogen) atoms. The van der Waals surface area contributed by atoms with Crippen LogP contribution in [0.25, 0.3) is 0 Å². The minimum Gasteiger partial charge on any atom is -1.00 e. The molecule has 0 radical (unpaired) electrons. The van der Waals surface area contributed by atoms with Gasteiger partial charge < -0.3 is 32.0 Å². The Morgan fingerprint density at radius 3 is 1.33 bits per heavy atom. The molecule has 0 spiro atoms. The van der Waals surface area contributed by atoms with Gasteiger partial charge in [0.05, 0.1) is 0 Å². The van der Waals surface area contributed by atoms with Gasteiger partial charge in [0.25, 0.3) is 0 Å². The van der Waals surface area contributed by atoms with E-state index in [-0.39, 0.29) is 65.0 Å². The molecule has 0 aliphatic carbocycles. The first-order valence-electron chi connectivity index (χ1n) is 1.31. The summed E-state index contributed by atoms with van der Waals surface area (Å²) in [4.78, 5) is 8.44. The molecule has 64 valence electrons. The summed E-state index contributed by atoms with van der Waals surface area (Å²) in [6, 6.07) is 0. The summed E-state index contributed by atoms with van der Waals surface area (Å²) >= 11 is 0. The van der Waals surface area contributed by atoms with E-state index in [9.17, 15) is 0 Å². The zero-order valence-electron chi connectivity index (χ0n) is 5.93. The van der Waals surface area contributed by atoms with E-state index >= 15 is 0 Å². The second kappa shape index (κ2) is 14.7. The van der Waals surface area contributed by atoms with Gasteiger partial charge in [0.2, 0.25) is 16.6 Å². The van der Waals surface area contributed by atoms with Crippen LogP contribution in [0.2, 0.25) is 0 Å². The van der Waals surface area contributed by atoms with Crippen LogP contribution in [0.4, 0.5) is 4.79 Å².